The fourth-order valence-corrected chi connectivity index (χ4v) is 2.86. The Hall–Kier alpha value is -2.30. The summed E-state index contributed by atoms with van der Waals surface area (Å²) in [6.45, 7) is 5.12. The van der Waals surface area contributed by atoms with E-state index in [0.717, 1.165) is 29.9 Å². The first-order valence-electron chi connectivity index (χ1n) is 8.33. The Balaban J connectivity index is 1.76. The van der Waals surface area contributed by atoms with Gasteiger partial charge in [0.25, 0.3) is 0 Å². The molecule has 0 spiro atoms. The molecule has 2 heterocycles. The van der Waals surface area contributed by atoms with Crippen LogP contribution in [0, 0.1) is 11.7 Å². The van der Waals surface area contributed by atoms with Crippen molar-refractivity contribution in [2.45, 2.75) is 32.9 Å². The third-order valence-electron chi connectivity index (χ3n) is 4.17. The Morgan fingerprint density at radius 2 is 2.00 bits per heavy atom. The van der Waals surface area contributed by atoms with E-state index in [1.54, 1.807) is 18.3 Å². The highest BCUT2D eigenvalue weighted by Gasteiger charge is 2.24. The molecule has 0 bridgehead atoms. The third-order valence-corrected chi connectivity index (χ3v) is 4.17. The summed E-state index contributed by atoms with van der Waals surface area (Å²) in [6.07, 6.45) is 6.72. The summed E-state index contributed by atoms with van der Waals surface area (Å²) in [5, 5.41) is 6.52. The maximum atomic E-state index is 13.9. The molecule has 0 fully saturated rings. The van der Waals surface area contributed by atoms with Gasteiger partial charge in [0, 0.05) is 36.7 Å². The minimum Gasteiger partial charge on any atom is -0.368 e. The van der Waals surface area contributed by atoms with Gasteiger partial charge in [0.2, 0.25) is 0 Å². The molecule has 128 valence electrons. The Morgan fingerprint density at radius 3 is 2.71 bits per heavy atom. The first-order chi connectivity index (χ1) is 11.5. The van der Waals surface area contributed by atoms with E-state index in [1.165, 1.54) is 12.1 Å². The molecular formula is C19H23F2N3. The molecule has 1 aromatic rings. The zero-order valence-corrected chi connectivity index (χ0v) is 14.0. The van der Waals surface area contributed by atoms with Gasteiger partial charge in [0.15, 0.2) is 0 Å². The van der Waals surface area contributed by atoms with Crippen molar-refractivity contribution in [3.63, 3.8) is 0 Å². The molecule has 0 radical (unpaired) electrons. The van der Waals surface area contributed by atoms with Gasteiger partial charge in [0.1, 0.15) is 17.8 Å². The SMILES string of the molecule is CC(C)CCN1C=C(F)CC2=CNC(Nc3ccc(F)cc3)C=C21. The maximum absolute atomic E-state index is 13.9. The highest BCUT2D eigenvalue weighted by molar-refractivity contribution is 5.48. The topological polar surface area (TPSA) is 27.3 Å². The van der Waals surface area contributed by atoms with Crippen LogP contribution in [-0.2, 0) is 0 Å². The van der Waals surface area contributed by atoms with Crippen molar-refractivity contribution < 1.29 is 8.78 Å². The van der Waals surface area contributed by atoms with Gasteiger partial charge < -0.3 is 15.5 Å². The molecule has 24 heavy (non-hydrogen) atoms. The summed E-state index contributed by atoms with van der Waals surface area (Å²) >= 11 is 0. The van der Waals surface area contributed by atoms with Crippen LogP contribution >= 0.6 is 0 Å². The number of nitrogens with zero attached hydrogens (tertiary/aromatic N) is 1. The quantitative estimate of drug-likeness (QED) is 0.832. The minimum atomic E-state index is -0.259. The zero-order chi connectivity index (χ0) is 17.1. The van der Waals surface area contributed by atoms with Gasteiger partial charge in [-0.2, -0.15) is 0 Å². The third kappa shape index (κ3) is 3.96. The van der Waals surface area contributed by atoms with Crippen LogP contribution in [0.25, 0.3) is 0 Å². The van der Waals surface area contributed by atoms with Crippen LogP contribution in [0.5, 0.6) is 0 Å². The number of benzene rings is 1. The highest BCUT2D eigenvalue weighted by atomic mass is 19.1. The predicted molar refractivity (Wildman–Crippen MR) is 93.1 cm³/mol. The molecule has 2 aliphatic rings. The molecule has 0 aliphatic carbocycles. The van der Waals surface area contributed by atoms with E-state index in [0.29, 0.717) is 12.3 Å². The predicted octanol–water partition coefficient (Wildman–Crippen LogP) is 4.50. The van der Waals surface area contributed by atoms with E-state index < -0.39 is 0 Å². The molecule has 3 rings (SSSR count). The zero-order valence-electron chi connectivity index (χ0n) is 14.0. The van der Waals surface area contributed by atoms with E-state index in [9.17, 15) is 8.78 Å². The van der Waals surface area contributed by atoms with Gasteiger partial charge in [-0.1, -0.05) is 13.8 Å². The van der Waals surface area contributed by atoms with Gasteiger partial charge in [-0.15, -0.1) is 0 Å². The lowest BCUT2D eigenvalue weighted by molar-refractivity contribution is 0.381. The lowest BCUT2D eigenvalue weighted by Gasteiger charge is -2.34. The van der Waals surface area contributed by atoms with Crippen LogP contribution in [0.3, 0.4) is 0 Å². The molecule has 0 aromatic heterocycles. The van der Waals surface area contributed by atoms with Gasteiger partial charge in [-0.05, 0) is 48.3 Å². The van der Waals surface area contributed by atoms with Crippen LogP contribution in [0.2, 0.25) is 0 Å². The summed E-state index contributed by atoms with van der Waals surface area (Å²) in [6, 6.07) is 6.25. The van der Waals surface area contributed by atoms with Gasteiger partial charge in [-0.25, -0.2) is 8.78 Å². The second-order valence-electron chi connectivity index (χ2n) is 6.65. The molecule has 5 heteroatoms. The second-order valence-corrected chi connectivity index (χ2v) is 6.65. The van der Waals surface area contributed by atoms with Crippen LogP contribution in [0.4, 0.5) is 14.5 Å². The van der Waals surface area contributed by atoms with Gasteiger partial charge >= 0.3 is 0 Å². The molecular weight excluding hydrogens is 308 g/mol. The Bertz CT molecular complexity index is 674. The number of hydrogen-bond donors (Lipinski definition) is 2. The fourth-order valence-electron chi connectivity index (χ4n) is 2.86. The molecule has 2 aliphatic heterocycles. The summed E-state index contributed by atoms with van der Waals surface area (Å²) in [4.78, 5) is 1.99. The lowest BCUT2D eigenvalue weighted by atomic mass is 10.0. The number of hydrogen-bond acceptors (Lipinski definition) is 3. The summed E-state index contributed by atoms with van der Waals surface area (Å²) in [5.41, 5.74) is 2.82. The summed E-state index contributed by atoms with van der Waals surface area (Å²) in [7, 11) is 0. The number of halogens is 2. The summed E-state index contributed by atoms with van der Waals surface area (Å²) in [5.74, 6) is 0.186. The molecule has 0 saturated heterocycles. The van der Waals surface area contributed by atoms with Crippen molar-refractivity contribution in [2.75, 3.05) is 11.9 Å². The first-order valence-corrected chi connectivity index (χ1v) is 8.33. The molecule has 1 unspecified atom stereocenters. The van der Waals surface area contributed by atoms with E-state index in [-0.39, 0.29) is 17.8 Å². The molecule has 0 saturated carbocycles. The van der Waals surface area contributed by atoms with Crippen molar-refractivity contribution in [3.05, 3.63) is 65.7 Å². The van der Waals surface area contributed by atoms with E-state index in [4.69, 9.17) is 0 Å². The van der Waals surface area contributed by atoms with Crippen molar-refractivity contribution in [3.8, 4) is 0 Å². The molecule has 3 nitrogen and oxygen atoms in total. The van der Waals surface area contributed by atoms with Crippen molar-refractivity contribution >= 4 is 5.69 Å². The number of rotatable bonds is 5. The second kappa shape index (κ2) is 7.07. The fraction of sp³-hybridized carbons (Fsp3) is 0.368. The summed E-state index contributed by atoms with van der Waals surface area (Å²) < 4.78 is 26.9. The Kier molecular flexibility index (Phi) is 4.88. The van der Waals surface area contributed by atoms with Gasteiger partial charge in [0.05, 0.1) is 0 Å². The monoisotopic (exact) mass is 331 g/mol. The van der Waals surface area contributed by atoms with E-state index >= 15 is 0 Å². The van der Waals surface area contributed by atoms with Crippen molar-refractivity contribution in [2.24, 2.45) is 5.92 Å². The van der Waals surface area contributed by atoms with Crippen LogP contribution < -0.4 is 10.6 Å². The average molecular weight is 331 g/mol. The number of allylic oxidation sites excluding steroid dienone is 2. The smallest absolute Gasteiger partial charge is 0.123 e. The molecule has 0 amide bonds. The van der Waals surface area contributed by atoms with Crippen molar-refractivity contribution in [1.82, 2.24) is 10.2 Å². The first kappa shape index (κ1) is 16.6. The van der Waals surface area contributed by atoms with Crippen LogP contribution in [0.1, 0.15) is 26.7 Å². The van der Waals surface area contributed by atoms with E-state index in [2.05, 4.69) is 30.6 Å². The standard InChI is InChI=1S/C19H23F2N3/c1-13(2)7-8-24-12-16(21)9-14-11-22-19(10-18(14)24)23-17-5-3-15(20)4-6-17/h3-6,10-13,19,22-23H,7-9H2,1-2H3. The Labute approximate surface area is 141 Å². The maximum Gasteiger partial charge on any atom is 0.123 e. The lowest BCUT2D eigenvalue weighted by Crippen LogP contribution is -2.37. The molecule has 2 N–H and O–H groups in total. The number of nitrogens with one attached hydrogen (secondary N) is 2. The average Bonchev–Trinajstić information content (AvgIpc) is 2.55. The number of dihydropyridines is 1. The molecule has 1 atom stereocenters. The Morgan fingerprint density at radius 1 is 1.25 bits per heavy atom. The largest absolute Gasteiger partial charge is 0.368 e. The van der Waals surface area contributed by atoms with Gasteiger partial charge in [-0.3, -0.25) is 0 Å². The molecule has 1 aromatic carbocycles. The van der Waals surface area contributed by atoms with E-state index in [1.807, 2.05) is 11.1 Å². The minimum absolute atomic E-state index is 0.117. The van der Waals surface area contributed by atoms with Crippen LogP contribution in [0.15, 0.2) is 59.8 Å². The highest BCUT2D eigenvalue weighted by Crippen LogP contribution is 2.32. The van der Waals surface area contributed by atoms with Crippen molar-refractivity contribution in [1.29, 1.82) is 0 Å². The van der Waals surface area contributed by atoms with Crippen LogP contribution in [-0.4, -0.2) is 17.6 Å². The normalized spacial score (nSPS) is 20.0. The number of anilines is 1. The number of fused-ring (bicyclic) bond motifs is 1.